The Morgan fingerprint density at radius 2 is 2.00 bits per heavy atom. The second kappa shape index (κ2) is 5.30. The molecule has 0 bridgehead atoms. The Labute approximate surface area is 139 Å². The van der Waals surface area contributed by atoms with E-state index in [0.717, 1.165) is 33.6 Å². The lowest BCUT2D eigenvalue weighted by Crippen LogP contribution is -2.06. The predicted octanol–water partition coefficient (Wildman–Crippen LogP) is 3.42. The van der Waals surface area contributed by atoms with Crippen molar-refractivity contribution in [2.24, 2.45) is 0 Å². The van der Waals surface area contributed by atoms with E-state index in [1.165, 1.54) is 0 Å². The Balaban J connectivity index is 1.78. The fourth-order valence-electron chi connectivity index (χ4n) is 2.79. The SMILES string of the molecule is Cc1cc2nccn2cc1Nc1ncc2c(C)nn(C(C)C)c2n1. The third kappa shape index (κ3) is 2.29. The Morgan fingerprint density at radius 1 is 1.17 bits per heavy atom. The smallest absolute Gasteiger partial charge is 0.229 e. The van der Waals surface area contributed by atoms with Crippen LogP contribution in [-0.2, 0) is 0 Å². The third-order valence-electron chi connectivity index (χ3n) is 4.11. The van der Waals surface area contributed by atoms with Crippen LogP contribution in [0.4, 0.5) is 11.6 Å². The molecule has 0 saturated heterocycles. The Bertz CT molecular complexity index is 1040. The highest BCUT2D eigenvalue weighted by molar-refractivity contribution is 5.79. The van der Waals surface area contributed by atoms with Gasteiger partial charge in [0.1, 0.15) is 5.65 Å². The van der Waals surface area contributed by atoms with Crippen LogP contribution in [0.1, 0.15) is 31.1 Å². The van der Waals surface area contributed by atoms with E-state index < -0.39 is 0 Å². The molecule has 1 N–H and O–H groups in total. The number of fused-ring (bicyclic) bond motifs is 2. The summed E-state index contributed by atoms with van der Waals surface area (Å²) in [5.74, 6) is 0.562. The van der Waals surface area contributed by atoms with Crippen LogP contribution >= 0.6 is 0 Å². The van der Waals surface area contributed by atoms with E-state index in [1.54, 1.807) is 6.20 Å². The quantitative estimate of drug-likeness (QED) is 0.626. The molecular weight excluding hydrogens is 302 g/mol. The normalized spacial score (nSPS) is 11.7. The van der Waals surface area contributed by atoms with Crippen LogP contribution in [0.25, 0.3) is 16.7 Å². The molecule has 0 aromatic carbocycles. The molecule has 0 aliphatic heterocycles. The van der Waals surface area contributed by atoms with Crippen LogP contribution < -0.4 is 5.32 Å². The second-order valence-electron chi connectivity index (χ2n) is 6.24. The van der Waals surface area contributed by atoms with Crippen molar-refractivity contribution in [3.8, 4) is 0 Å². The number of anilines is 2. The number of aromatic nitrogens is 6. The standard InChI is InChI=1S/C17H19N7/c1-10(2)24-16-13(12(4)22-24)8-19-17(21-16)20-14-9-23-6-5-18-15(23)7-11(14)3/h5-10H,1-4H3,(H,19,20,21). The minimum absolute atomic E-state index is 0.244. The van der Waals surface area contributed by atoms with E-state index in [9.17, 15) is 0 Å². The zero-order chi connectivity index (χ0) is 16.8. The third-order valence-corrected chi connectivity index (χ3v) is 4.11. The van der Waals surface area contributed by atoms with Gasteiger partial charge in [-0.3, -0.25) is 0 Å². The molecule has 7 heteroatoms. The van der Waals surface area contributed by atoms with E-state index >= 15 is 0 Å². The molecule has 0 aliphatic carbocycles. The number of aryl methyl sites for hydroxylation is 2. The van der Waals surface area contributed by atoms with Gasteiger partial charge in [-0.15, -0.1) is 0 Å². The predicted molar refractivity (Wildman–Crippen MR) is 93.7 cm³/mol. The van der Waals surface area contributed by atoms with Crippen LogP contribution in [0.5, 0.6) is 0 Å². The van der Waals surface area contributed by atoms with Crippen LogP contribution in [0, 0.1) is 13.8 Å². The van der Waals surface area contributed by atoms with Gasteiger partial charge in [-0.05, 0) is 39.3 Å². The van der Waals surface area contributed by atoms with E-state index in [1.807, 2.05) is 47.6 Å². The number of imidazole rings is 1. The lowest BCUT2D eigenvalue weighted by atomic mass is 10.2. The van der Waals surface area contributed by atoms with Gasteiger partial charge in [-0.1, -0.05) is 0 Å². The molecule has 0 amide bonds. The van der Waals surface area contributed by atoms with Crippen LogP contribution in [0.15, 0.2) is 30.9 Å². The van der Waals surface area contributed by atoms with E-state index in [0.29, 0.717) is 5.95 Å². The molecule has 0 spiro atoms. The van der Waals surface area contributed by atoms with Gasteiger partial charge in [-0.2, -0.15) is 10.1 Å². The maximum absolute atomic E-state index is 4.67. The lowest BCUT2D eigenvalue weighted by Gasteiger charge is -2.10. The van der Waals surface area contributed by atoms with Crippen molar-refractivity contribution in [2.45, 2.75) is 33.7 Å². The zero-order valence-corrected chi connectivity index (χ0v) is 14.1. The summed E-state index contributed by atoms with van der Waals surface area (Å²) in [5, 5.41) is 8.86. The Hall–Kier alpha value is -2.96. The number of nitrogens with one attached hydrogen (secondary N) is 1. The van der Waals surface area contributed by atoms with Gasteiger partial charge >= 0.3 is 0 Å². The van der Waals surface area contributed by atoms with Crippen LogP contribution in [0.2, 0.25) is 0 Å². The number of rotatable bonds is 3. The first-order valence-electron chi connectivity index (χ1n) is 7.95. The van der Waals surface area contributed by atoms with Gasteiger partial charge in [0.2, 0.25) is 5.95 Å². The van der Waals surface area contributed by atoms with Gasteiger partial charge in [-0.25, -0.2) is 14.6 Å². The largest absolute Gasteiger partial charge is 0.323 e. The van der Waals surface area contributed by atoms with Gasteiger partial charge in [0.25, 0.3) is 0 Å². The first-order chi connectivity index (χ1) is 11.5. The van der Waals surface area contributed by atoms with Gasteiger partial charge < -0.3 is 9.72 Å². The Kier molecular flexibility index (Phi) is 3.23. The summed E-state index contributed by atoms with van der Waals surface area (Å²) in [6.45, 7) is 8.21. The molecule has 0 aliphatic rings. The molecule has 24 heavy (non-hydrogen) atoms. The monoisotopic (exact) mass is 321 g/mol. The minimum Gasteiger partial charge on any atom is -0.323 e. The maximum Gasteiger partial charge on any atom is 0.229 e. The van der Waals surface area contributed by atoms with Gasteiger partial charge in [0.05, 0.1) is 16.8 Å². The first-order valence-corrected chi connectivity index (χ1v) is 7.95. The number of hydrogen-bond acceptors (Lipinski definition) is 5. The highest BCUT2D eigenvalue weighted by Gasteiger charge is 2.13. The van der Waals surface area contributed by atoms with Crippen LogP contribution in [0.3, 0.4) is 0 Å². The summed E-state index contributed by atoms with van der Waals surface area (Å²) in [4.78, 5) is 13.4. The lowest BCUT2D eigenvalue weighted by molar-refractivity contribution is 0.542. The number of pyridine rings is 1. The molecule has 0 atom stereocenters. The van der Waals surface area contributed by atoms with Crippen molar-refractivity contribution in [3.63, 3.8) is 0 Å². The average Bonchev–Trinajstić information content (AvgIpc) is 3.12. The number of hydrogen-bond donors (Lipinski definition) is 1. The summed E-state index contributed by atoms with van der Waals surface area (Å²) in [5.41, 5.74) is 4.75. The average molecular weight is 321 g/mol. The van der Waals surface area contributed by atoms with E-state index in [-0.39, 0.29) is 6.04 Å². The molecule has 7 nitrogen and oxygen atoms in total. The molecular formula is C17H19N7. The molecule has 4 rings (SSSR count). The molecule has 4 aromatic heterocycles. The molecule has 122 valence electrons. The maximum atomic E-state index is 4.67. The fraction of sp³-hybridized carbons (Fsp3) is 0.294. The summed E-state index contributed by atoms with van der Waals surface area (Å²) < 4.78 is 3.90. The minimum atomic E-state index is 0.244. The highest BCUT2D eigenvalue weighted by Crippen LogP contribution is 2.23. The summed E-state index contributed by atoms with van der Waals surface area (Å²) >= 11 is 0. The van der Waals surface area contributed by atoms with Crippen molar-refractivity contribution in [1.29, 1.82) is 0 Å². The van der Waals surface area contributed by atoms with Crippen molar-refractivity contribution in [1.82, 2.24) is 29.1 Å². The number of nitrogens with zero attached hydrogens (tertiary/aromatic N) is 6. The van der Waals surface area contributed by atoms with Crippen molar-refractivity contribution in [2.75, 3.05) is 5.32 Å². The summed E-state index contributed by atoms with van der Waals surface area (Å²) in [6.07, 6.45) is 7.53. The summed E-state index contributed by atoms with van der Waals surface area (Å²) in [7, 11) is 0. The molecule has 0 fully saturated rings. The zero-order valence-electron chi connectivity index (χ0n) is 14.1. The van der Waals surface area contributed by atoms with Crippen molar-refractivity contribution < 1.29 is 0 Å². The highest BCUT2D eigenvalue weighted by atomic mass is 15.3. The summed E-state index contributed by atoms with van der Waals surface area (Å²) in [6, 6.07) is 2.27. The Morgan fingerprint density at radius 3 is 2.79 bits per heavy atom. The molecule has 0 unspecified atom stereocenters. The second-order valence-corrected chi connectivity index (χ2v) is 6.24. The first kappa shape index (κ1) is 14.6. The molecule has 0 radical (unpaired) electrons. The molecule has 0 saturated carbocycles. The van der Waals surface area contributed by atoms with Gasteiger partial charge in [0, 0.05) is 30.8 Å². The van der Waals surface area contributed by atoms with E-state index in [4.69, 9.17) is 0 Å². The van der Waals surface area contributed by atoms with Crippen molar-refractivity contribution in [3.05, 3.63) is 42.1 Å². The topological polar surface area (TPSA) is 72.9 Å². The van der Waals surface area contributed by atoms with Gasteiger partial charge in [0.15, 0.2) is 5.65 Å². The molecule has 4 aromatic rings. The van der Waals surface area contributed by atoms with Crippen molar-refractivity contribution >= 4 is 28.3 Å². The van der Waals surface area contributed by atoms with Crippen LogP contribution in [-0.4, -0.2) is 29.1 Å². The fourth-order valence-corrected chi connectivity index (χ4v) is 2.79. The van der Waals surface area contributed by atoms with E-state index in [2.05, 4.69) is 39.2 Å². The molecule has 4 heterocycles.